The molecule has 2 aromatic rings. The Kier molecular flexibility index (Phi) is 5.57. The number of aromatic nitrogens is 1. The van der Waals surface area contributed by atoms with Crippen LogP contribution in [0.5, 0.6) is 5.75 Å². The predicted octanol–water partition coefficient (Wildman–Crippen LogP) is 5.56. The van der Waals surface area contributed by atoms with Gasteiger partial charge in [0.15, 0.2) is 5.75 Å². The van der Waals surface area contributed by atoms with Gasteiger partial charge in [-0.1, -0.05) is 46.1 Å². The van der Waals surface area contributed by atoms with Gasteiger partial charge in [-0.2, -0.15) is 0 Å². The molecule has 102 valence electrons. The van der Waals surface area contributed by atoms with Crippen molar-refractivity contribution in [2.24, 2.45) is 5.92 Å². The molecule has 2 nitrogen and oxygen atoms in total. The number of halogens is 4. The quantitative estimate of drug-likeness (QED) is 0.329. The van der Waals surface area contributed by atoms with Crippen molar-refractivity contribution in [1.29, 1.82) is 0 Å². The molecule has 1 aromatic carbocycles. The second-order valence-electron chi connectivity index (χ2n) is 4.27. The van der Waals surface area contributed by atoms with Gasteiger partial charge in [-0.05, 0) is 46.7 Å². The minimum atomic E-state index is 0.417. The highest BCUT2D eigenvalue weighted by Gasteiger charge is 2.14. The minimum Gasteiger partial charge on any atom is -0.490 e. The number of ether oxygens (including phenoxy) is 1. The predicted molar refractivity (Wildman–Crippen MR) is 92.9 cm³/mol. The van der Waals surface area contributed by atoms with E-state index in [0.717, 1.165) is 20.0 Å². The molecule has 0 amide bonds. The van der Waals surface area contributed by atoms with E-state index in [4.69, 9.17) is 27.9 Å². The van der Waals surface area contributed by atoms with Crippen LogP contribution in [0.2, 0.25) is 10.2 Å². The molecule has 0 saturated carbocycles. The van der Waals surface area contributed by atoms with Crippen LogP contribution in [0.15, 0.2) is 18.2 Å². The van der Waals surface area contributed by atoms with Gasteiger partial charge >= 0.3 is 0 Å². The van der Waals surface area contributed by atoms with Gasteiger partial charge in [0.05, 0.1) is 15.2 Å². The van der Waals surface area contributed by atoms with Crippen molar-refractivity contribution in [1.82, 2.24) is 4.98 Å². The van der Waals surface area contributed by atoms with Crippen molar-refractivity contribution in [2.75, 3.05) is 11.9 Å². The Morgan fingerprint density at radius 3 is 2.84 bits per heavy atom. The third kappa shape index (κ3) is 3.65. The standard InChI is InChI=1S/C13H11BrCl2INO/c1-7(5-14)6-19-13-10(17)4-9(15)8-2-3-11(16)18-12(8)13/h2-4,7H,5-6H2,1H3. The molecule has 1 heterocycles. The van der Waals surface area contributed by atoms with E-state index < -0.39 is 0 Å². The van der Waals surface area contributed by atoms with E-state index in [1.54, 1.807) is 6.07 Å². The first-order valence-corrected chi connectivity index (χ1v) is 8.61. The molecule has 0 spiro atoms. The van der Waals surface area contributed by atoms with Crippen LogP contribution >= 0.6 is 61.7 Å². The summed E-state index contributed by atoms with van der Waals surface area (Å²) in [4.78, 5) is 4.34. The average molecular weight is 475 g/mol. The number of benzene rings is 1. The molecule has 2 rings (SSSR count). The van der Waals surface area contributed by atoms with Crippen LogP contribution in [0.1, 0.15) is 6.92 Å². The summed E-state index contributed by atoms with van der Waals surface area (Å²) < 4.78 is 6.83. The number of hydrogen-bond acceptors (Lipinski definition) is 2. The van der Waals surface area contributed by atoms with Crippen LogP contribution in [0, 0.1) is 9.49 Å². The molecule has 0 fully saturated rings. The SMILES string of the molecule is CC(CBr)COc1c(I)cc(Cl)c2ccc(Cl)nc12. The highest BCUT2D eigenvalue weighted by Crippen LogP contribution is 2.35. The monoisotopic (exact) mass is 473 g/mol. The van der Waals surface area contributed by atoms with E-state index in [0.29, 0.717) is 28.2 Å². The lowest BCUT2D eigenvalue weighted by Crippen LogP contribution is -2.10. The van der Waals surface area contributed by atoms with E-state index in [9.17, 15) is 0 Å². The smallest absolute Gasteiger partial charge is 0.158 e. The fourth-order valence-corrected chi connectivity index (χ4v) is 3.08. The molecule has 1 unspecified atom stereocenters. The summed E-state index contributed by atoms with van der Waals surface area (Å²) in [6.07, 6.45) is 0. The number of pyridine rings is 1. The fourth-order valence-electron chi connectivity index (χ4n) is 1.58. The van der Waals surface area contributed by atoms with Crippen LogP contribution in [0.4, 0.5) is 0 Å². The van der Waals surface area contributed by atoms with Crippen LogP contribution in [-0.2, 0) is 0 Å². The van der Waals surface area contributed by atoms with Gasteiger partial charge in [0, 0.05) is 10.7 Å². The average Bonchev–Trinajstić information content (AvgIpc) is 2.37. The van der Waals surface area contributed by atoms with Crippen molar-refractivity contribution in [3.05, 3.63) is 31.9 Å². The number of rotatable bonds is 4. The van der Waals surface area contributed by atoms with Gasteiger partial charge in [-0.3, -0.25) is 0 Å². The molecule has 0 radical (unpaired) electrons. The zero-order chi connectivity index (χ0) is 14.0. The second-order valence-corrected chi connectivity index (χ2v) is 6.87. The zero-order valence-corrected chi connectivity index (χ0v) is 15.3. The van der Waals surface area contributed by atoms with Gasteiger partial charge in [0.1, 0.15) is 10.7 Å². The Morgan fingerprint density at radius 1 is 1.42 bits per heavy atom. The number of hydrogen-bond donors (Lipinski definition) is 0. The first kappa shape index (κ1) is 15.6. The van der Waals surface area contributed by atoms with Gasteiger partial charge in [0.2, 0.25) is 0 Å². The Bertz CT molecular complexity index is 609. The summed E-state index contributed by atoms with van der Waals surface area (Å²) in [5, 5.41) is 2.84. The lowest BCUT2D eigenvalue weighted by atomic mass is 10.2. The summed E-state index contributed by atoms with van der Waals surface area (Å²) in [5.41, 5.74) is 0.714. The summed E-state index contributed by atoms with van der Waals surface area (Å²) in [7, 11) is 0. The minimum absolute atomic E-state index is 0.417. The van der Waals surface area contributed by atoms with Gasteiger partial charge in [-0.25, -0.2) is 4.98 Å². The molecule has 0 aliphatic heterocycles. The normalized spacial score (nSPS) is 12.7. The van der Waals surface area contributed by atoms with Gasteiger partial charge in [0.25, 0.3) is 0 Å². The van der Waals surface area contributed by atoms with Crippen LogP contribution < -0.4 is 4.74 Å². The maximum atomic E-state index is 6.23. The van der Waals surface area contributed by atoms with Crippen LogP contribution in [0.25, 0.3) is 10.9 Å². The third-order valence-electron chi connectivity index (χ3n) is 2.58. The first-order chi connectivity index (χ1) is 9.02. The molecule has 0 aliphatic carbocycles. The molecule has 1 aromatic heterocycles. The lowest BCUT2D eigenvalue weighted by Gasteiger charge is -2.14. The lowest BCUT2D eigenvalue weighted by molar-refractivity contribution is 0.275. The molecular weight excluding hydrogens is 464 g/mol. The summed E-state index contributed by atoms with van der Waals surface area (Å²) >= 11 is 17.8. The molecule has 0 N–H and O–H groups in total. The molecule has 0 saturated heterocycles. The highest BCUT2D eigenvalue weighted by molar-refractivity contribution is 14.1. The third-order valence-corrected chi connectivity index (χ3v) is 5.01. The highest BCUT2D eigenvalue weighted by atomic mass is 127. The number of alkyl halides is 1. The Morgan fingerprint density at radius 2 is 2.16 bits per heavy atom. The fraction of sp³-hybridized carbons (Fsp3) is 0.308. The summed E-state index contributed by atoms with van der Waals surface area (Å²) in [6, 6.07) is 5.48. The van der Waals surface area contributed by atoms with E-state index in [2.05, 4.69) is 50.4 Å². The van der Waals surface area contributed by atoms with Gasteiger partial charge in [-0.15, -0.1) is 0 Å². The summed E-state index contributed by atoms with van der Waals surface area (Å²) in [5.74, 6) is 1.16. The Hall–Kier alpha value is 0.220. The maximum absolute atomic E-state index is 6.23. The molecule has 1 atom stereocenters. The molecule has 0 aliphatic rings. The Labute approximate surface area is 144 Å². The number of fused-ring (bicyclic) bond motifs is 1. The van der Waals surface area contributed by atoms with E-state index in [1.807, 2.05) is 12.1 Å². The van der Waals surface area contributed by atoms with E-state index >= 15 is 0 Å². The van der Waals surface area contributed by atoms with Crippen molar-refractivity contribution in [3.8, 4) is 5.75 Å². The molecule has 0 bridgehead atoms. The van der Waals surface area contributed by atoms with E-state index in [-0.39, 0.29) is 0 Å². The van der Waals surface area contributed by atoms with Gasteiger partial charge < -0.3 is 4.74 Å². The van der Waals surface area contributed by atoms with Crippen LogP contribution in [0.3, 0.4) is 0 Å². The topological polar surface area (TPSA) is 22.1 Å². The number of nitrogens with zero attached hydrogens (tertiary/aromatic N) is 1. The Balaban J connectivity index is 2.49. The largest absolute Gasteiger partial charge is 0.490 e. The van der Waals surface area contributed by atoms with Crippen molar-refractivity contribution in [3.63, 3.8) is 0 Å². The van der Waals surface area contributed by atoms with Crippen molar-refractivity contribution < 1.29 is 4.74 Å². The maximum Gasteiger partial charge on any atom is 0.158 e. The first-order valence-electron chi connectivity index (χ1n) is 5.66. The van der Waals surface area contributed by atoms with E-state index in [1.165, 1.54) is 0 Å². The molecular formula is C13H11BrCl2INO. The zero-order valence-electron chi connectivity index (χ0n) is 10.1. The van der Waals surface area contributed by atoms with Crippen LogP contribution in [-0.4, -0.2) is 16.9 Å². The molecule has 19 heavy (non-hydrogen) atoms. The second kappa shape index (κ2) is 6.78. The molecule has 6 heteroatoms. The van der Waals surface area contributed by atoms with Crippen molar-refractivity contribution >= 4 is 72.6 Å². The summed E-state index contributed by atoms with van der Waals surface area (Å²) in [6.45, 7) is 2.73. The van der Waals surface area contributed by atoms with Crippen molar-refractivity contribution in [2.45, 2.75) is 6.92 Å².